The lowest BCUT2D eigenvalue weighted by molar-refractivity contribution is 0.174. The lowest BCUT2D eigenvalue weighted by Gasteiger charge is -2.16. The zero-order valence-electron chi connectivity index (χ0n) is 10.5. The van der Waals surface area contributed by atoms with Gasteiger partial charge in [-0.05, 0) is 30.5 Å². The predicted octanol–water partition coefficient (Wildman–Crippen LogP) is 0.845. The Bertz CT molecular complexity index is 567. The number of fused-ring (bicyclic) bond motifs is 1. The van der Waals surface area contributed by atoms with E-state index in [0.717, 1.165) is 18.4 Å². The molecule has 2 aliphatic rings. The zero-order valence-corrected chi connectivity index (χ0v) is 11.3. The van der Waals surface area contributed by atoms with E-state index in [1.165, 1.54) is 4.31 Å². The second-order valence-electron chi connectivity index (χ2n) is 4.62. The molecule has 0 atom stereocenters. The largest absolute Gasteiger partial charge is 0.454 e. The van der Waals surface area contributed by atoms with Gasteiger partial charge in [-0.3, -0.25) is 0 Å². The fourth-order valence-corrected chi connectivity index (χ4v) is 3.52. The summed E-state index contributed by atoms with van der Waals surface area (Å²) in [6.45, 7) is 1.70. The van der Waals surface area contributed by atoms with Crippen LogP contribution in [0.15, 0.2) is 18.2 Å². The summed E-state index contributed by atoms with van der Waals surface area (Å²) >= 11 is 0. The summed E-state index contributed by atoms with van der Waals surface area (Å²) in [5.41, 5.74) is 0.854. The molecule has 0 amide bonds. The van der Waals surface area contributed by atoms with Crippen LogP contribution in [0.25, 0.3) is 0 Å². The molecule has 0 aromatic heterocycles. The van der Waals surface area contributed by atoms with Crippen LogP contribution in [0, 0.1) is 0 Å². The van der Waals surface area contributed by atoms with Crippen LogP contribution >= 0.6 is 0 Å². The highest BCUT2D eigenvalue weighted by Crippen LogP contribution is 2.32. The van der Waals surface area contributed by atoms with E-state index in [0.29, 0.717) is 24.6 Å². The summed E-state index contributed by atoms with van der Waals surface area (Å²) in [5.74, 6) is 1.36. The topological polar surface area (TPSA) is 67.9 Å². The van der Waals surface area contributed by atoms with Crippen molar-refractivity contribution in [2.75, 3.05) is 19.9 Å². The molecule has 1 N–H and O–H groups in total. The number of hydrogen-bond acceptors (Lipinski definition) is 4. The van der Waals surface area contributed by atoms with Gasteiger partial charge >= 0.3 is 0 Å². The molecule has 1 aromatic rings. The van der Waals surface area contributed by atoms with Crippen LogP contribution in [0.2, 0.25) is 0 Å². The first-order valence-electron chi connectivity index (χ1n) is 6.28. The van der Waals surface area contributed by atoms with Gasteiger partial charge in [0, 0.05) is 19.6 Å². The minimum absolute atomic E-state index is 0.221. The Kier molecular flexibility index (Phi) is 3.34. The molecule has 1 aromatic carbocycles. The molecule has 2 heterocycles. The number of rotatable bonds is 4. The van der Waals surface area contributed by atoms with Crippen molar-refractivity contribution in [2.24, 2.45) is 0 Å². The van der Waals surface area contributed by atoms with E-state index in [2.05, 4.69) is 4.72 Å². The van der Waals surface area contributed by atoms with Crippen LogP contribution in [0.3, 0.4) is 0 Å². The van der Waals surface area contributed by atoms with Crippen molar-refractivity contribution in [2.45, 2.75) is 19.4 Å². The third-order valence-electron chi connectivity index (χ3n) is 3.30. The van der Waals surface area contributed by atoms with E-state index >= 15 is 0 Å². The quantitative estimate of drug-likeness (QED) is 0.890. The van der Waals surface area contributed by atoms with Gasteiger partial charge in [0.25, 0.3) is 10.2 Å². The van der Waals surface area contributed by atoms with Crippen LogP contribution in [-0.2, 0) is 16.8 Å². The summed E-state index contributed by atoms with van der Waals surface area (Å²) in [4.78, 5) is 0. The van der Waals surface area contributed by atoms with E-state index in [4.69, 9.17) is 9.47 Å². The van der Waals surface area contributed by atoms with Crippen molar-refractivity contribution in [3.8, 4) is 11.5 Å². The van der Waals surface area contributed by atoms with Crippen LogP contribution in [-0.4, -0.2) is 32.6 Å². The fourth-order valence-electron chi connectivity index (χ4n) is 2.25. The third-order valence-corrected chi connectivity index (χ3v) is 4.85. The van der Waals surface area contributed by atoms with Gasteiger partial charge in [-0.15, -0.1) is 0 Å². The lowest BCUT2D eigenvalue weighted by Crippen LogP contribution is -2.38. The Morgan fingerprint density at radius 2 is 1.89 bits per heavy atom. The number of nitrogens with one attached hydrogen (secondary N) is 1. The molecule has 0 aliphatic carbocycles. The Hall–Kier alpha value is -1.31. The van der Waals surface area contributed by atoms with Gasteiger partial charge < -0.3 is 9.47 Å². The number of nitrogens with zero attached hydrogens (tertiary/aromatic N) is 1. The summed E-state index contributed by atoms with van der Waals surface area (Å²) in [7, 11) is -3.36. The fraction of sp³-hybridized carbons (Fsp3) is 0.500. The van der Waals surface area contributed by atoms with Gasteiger partial charge in [-0.25, -0.2) is 0 Å². The average Bonchev–Trinajstić information content (AvgIpc) is 3.07. The van der Waals surface area contributed by atoms with E-state index in [-0.39, 0.29) is 13.3 Å². The molecular formula is C12H16N2O4S. The molecule has 7 heteroatoms. The maximum Gasteiger partial charge on any atom is 0.279 e. The van der Waals surface area contributed by atoms with Gasteiger partial charge in [-0.2, -0.15) is 17.4 Å². The number of ether oxygens (including phenoxy) is 2. The van der Waals surface area contributed by atoms with E-state index in [1.807, 2.05) is 6.07 Å². The predicted molar refractivity (Wildman–Crippen MR) is 69.1 cm³/mol. The van der Waals surface area contributed by atoms with Crippen molar-refractivity contribution in [3.63, 3.8) is 0 Å². The number of hydrogen-bond donors (Lipinski definition) is 1. The third kappa shape index (κ3) is 2.68. The zero-order chi connectivity index (χ0) is 13.3. The van der Waals surface area contributed by atoms with Gasteiger partial charge in [-0.1, -0.05) is 6.07 Å². The van der Waals surface area contributed by atoms with Crippen molar-refractivity contribution in [3.05, 3.63) is 23.8 Å². The molecule has 0 radical (unpaired) electrons. The van der Waals surface area contributed by atoms with Crippen LogP contribution < -0.4 is 14.2 Å². The Labute approximate surface area is 112 Å². The molecule has 0 unspecified atom stereocenters. The molecule has 6 nitrogen and oxygen atoms in total. The van der Waals surface area contributed by atoms with E-state index in [9.17, 15) is 8.42 Å². The average molecular weight is 284 g/mol. The van der Waals surface area contributed by atoms with Gasteiger partial charge in [0.2, 0.25) is 6.79 Å². The number of benzene rings is 1. The standard InChI is InChI=1S/C12H16N2O4S/c15-19(16,14-5-1-2-6-14)13-8-10-3-4-11-12(7-10)18-9-17-11/h3-4,7,13H,1-2,5-6,8-9H2. The van der Waals surface area contributed by atoms with Crippen LogP contribution in [0.4, 0.5) is 0 Å². The van der Waals surface area contributed by atoms with E-state index < -0.39 is 10.2 Å². The molecular weight excluding hydrogens is 268 g/mol. The van der Waals surface area contributed by atoms with Gasteiger partial charge in [0.05, 0.1) is 0 Å². The molecule has 1 saturated heterocycles. The maximum absolute atomic E-state index is 12.0. The van der Waals surface area contributed by atoms with E-state index in [1.54, 1.807) is 12.1 Å². The monoisotopic (exact) mass is 284 g/mol. The first kappa shape index (κ1) is 12.7. The van der Waals surface area contributed by atoms with Crippen LogP contribution in [0.5, 0.6) is 11.5 Å². The van der Waals surface area contributed by atoms with Crippen molar-refractivity contribution < 1.29 is 17.9 Å². The molecule has 2 aliphatic heterocycles. The Morgan fingerprint density at radius 1 is 1.16 bits per heavy atom. The maximum atomic E-state index is 12.0. The molecule has 3 rings (SSSR count). The van der Waals surface area contributed by atoms with Crippen molar-refractivity contribution in [1.82, 2.24) is 9.03 Å². The van der Waals surface area contributed by atoms with Crippen molar-refractivity contribution in [1.29, 1.82) is 0 Å². The minimum atomic E-state index is -3.36. The molecule has 0 bridgehead atoms. The lowest BCUT2D eigenvalue weighted by atomic mass is 10.2. The first-order valence-corrected chi connectivity index (χ1v) is 7.72. The highest BCUT2D eigenvalue weighted by molar-refractivity contribution is 7.87. The van der Waals surface area contributed by atoms with Crippen LogP contribution in [0.1, 0.15) is 18.4 Å². The second-order valence-corrected chi connectivity index (χ2v) is 6.38. The van der Waals surface area contributed by atoms with Crippen molar-refractivity contribution >= 4 is 10.2 Å². The molecule has 0 spiro atoms. The molecule has 19 heavy (non-hydrogen) atoms. The molecule has 1 fully saturated rings. The molecule has 104 valence electrons. The second kappa shape index (κ2) is 4.99. The minimum Gasteiger partial charge on any atom is -0.454 e. The first-order chi connectivity index (χ1) is 9.15. The summed E-state index contributed by atoms with van der Waals surface area (Å²) < 4.78 is 38.6. The highest BCUT2D eigenvalue weighted by atomic mass is 32.2. The van der Waals surface area contributed by atoms with Gasteiger partial charge in [0.1, 0.15) is 0 Å². The van der Waals surface area contributed by atoms with Gasteiger partial charge in [0.15, 0.2) is 11.5 Å². The highest BCUT2D eigenvalue weighted by Gasteiger charge is 2.24. The molecule has 0 saturated carbocycles. The summed E-state index contributed by atoms with van der Waals surface area (Å²) in [6, 6.07) is 5.43. The normalized spacial score (nSPS) is 18.9. The SMILES string of the molecule is O=S(=O)(NCc1ccc2c(c1)OCO2)N1CCCC1. The Morgan fingerprint density at radius 3 is 2.68 bits per heavy atom. The Balaban J connectivity index is 1.66. The summed E-state index contributed by atoms with van der Waals surface area (Å²) in [5, 5.41) is 0. The summed E-state index contributed by atoms with van der Waals surface area (Å²) in [6.07, 6.45) is 1.87. The smallest absolute Gasteiger partial charge is 0.279 e.